The molecule has 0 amide bonds. The summed E-state index contributed by atoms with van der Waals surface area (Å²) in [6.45, 7) is 2.27. The predicted molar refractivity (Wildman–Crippen MR) is 90.1 cm³/mol. The molecule has 0 saturated heterocycles. The molecule has 0 spiro atoms. The molecule has 0 N–H and O–H groups in total. The van der Waals surface area contributed by atoms with Crippen molar-refractivity contribution in [2.24, 2.45) is 0 Å². The molecule has 19 heavy (non-hydrogen) atoms. The Morgan fingerprint density at radius 1 is 0.947 bits per heavy atom. The summed E-state index contributed by atoms with van der Waals surface area (Å²) in [5.74, 6) is 0. The fraction of sp³-hybridized carbons (Fsp3) is 0.294. The summed E-state index contributed by atoms with van der Waals surface area (Å²) < 4.78 is 1.20. The standard InChI is InChI=1S/C17H18Br2/c1-2-17(13-18,15-9-4-3-5-10-15)12-14-8-6-7-11-16(14)19/h3-11H,2,12-13H2,1H3. The van der Waals surface area contributed by atoms with Crippen molar-refractivity contribution in [3.63, 3.8) is 0 Å². The molecule has 2 aromatic rings. The molecule has 1 atom stereocenters. The van der Waals surface area contributed by atoms with Gasteiger partial charge in [-0.05, 0) is 30.0 Å². The Morgan fingerprint density at radius 2 is 1.58 bits per heavy atom. The van der Waals surface area contributed by atoms with Gasteiger partial charge in [0.05, 0.1) is 0 Å². The highest BCUT2D eigenvalue weighted by Crippen LogP contribution is 2.35. The molecule has 0 bridgehead atoms. The maximum absolute atomic E-state index is 3.74. The van der Waals surface area contributed by atoms with E-state index >= 15 is 0 Å². The van der Waals surface area contributed by atoms with Crippen molar-refractivity contribution in [2.75, 3.05) is 5.33 Å². The largest absolute Gasteiger partial charge is 0.0918 e. The number of halogens is 2. The first-order valence-corrected chi connectivity index (χ1v) is 8.48. The van der Waals surface area contributed by atoms with Gasteiger partial charge in [-0.25, -0.2) is 0 Å². The summed E-state index contributed by atoms with van der Waals surface area (Å²) in [7, 11) is 0. The average Bonchev–Trinajstić information content (AvgIpc) is 2.48. The Labute approximate surface area is 132 Å². The van der Waals surface area contributed by atoms with Crippen molar-refractivity contribution < 1.29 is 0 Å². The van der Waals surface area contributed by atoms with Gasteiger partial charge in [-0.2, -0.15) is 0 Å². The minimum atomic E-state index is 0.158. The molecular formula is C17H18Br2. The summed E-state index contributed by atoms with van der Waals surface area (Å²) in [5.41, 5.74) is 2.93. The van der Waals surface area contributed by atoms with E-state index in [9.17, 15) is 0 Å². The lowest BCUT2D eigenvalue weighted by Gasteiger charge is -2.32. The van der Waals surface area contributed by atoms with E-state index < -0.39 is 0 Å². The Morgan fingerprint density at radius 3 is 2.16 bits per heavy atom. The highest BCUT2D eigenvalue weighted by Gasteiger charge is 2.29. The lowest BCUT2D eigenvalue weighted by atomic mass is 9.75. The Balaban J connectivity index is 2.38. The topological polar surface area (TPSA) is 0 Å². The van der Waals surface area contributed by atoms with E-state index in [-0.39, 0.29) is 5.41 Å². The quantitative estimate of drug-likeness (QED) is 0.579. The van der Waals surface area contributed by atoms with Gasteiger partial charge in [0.1, 0.15) is 0 Å². The number of rotatable bonds is 5. The van der Waals surface area contributed by atoms with Crippen LogP contribution in [0.25, 0.3) is 0 Å². The summed E-state index contributed by atoms with van der Waals surface area (Å²) in [6.07, 6.45) is 2.16. The van der Waals surface area contributed by atoms with Crippen LogP contribution in [-0.4, -0.2) is 5.33 Å². The molecule has 0 aliphatic heterocycles. The van der Waals surface area contributed by atoms with Crippen LogP contribution in [0.2, 0.25) is 0 Å². The van der Waals surface area contributed by atoms with E-state index in [0.29, 0.717) is 0 Å². The van der Waals surface area contributed by atoms with Crippen molar-refractivity contribution in [3.8, 4) is 0 Å². The lowest BCUT2D eigenvalue weighted by Crippen LogP contribution is -2.30. The van der Waals surface area contributed by atoms with Crippen LogP contribution in [0.5, 0.6) is 0 Å². The number of benzene rings is 2. The maximum atomic E-state index is 3.74. The third-order valence-corrected chi connectivity index (χ3v) is 5.65. The SMILES string of the molecule is CCC(CBr)(Cc1ccccc1Br)c1ccccc1. The number of hydrogen-bond acceptors (Lipinski definition) is 0. The molecule has 2 heteroatoms. The zero-order valence-corrected chi connectivity index (χ0v) is 14.2. The van der Waals surface area contributed by atoms with E-state index in [1.54, 1.807) is 0 Å². The fourth-order valence-corrected chi connectivity index (χ4v) is 3.79. The van der Waals surface area contributed by atoms with Crippen LogP contribution in [0.15, 0.2) is 59.1 Å². The van der Waals surface area contributed by atoms with Crippen LogP contribution in [0, 0.1) is 0 Å². The zero-order valence-electron chi connectivity index (χ0n) is 11.1. The highest BCUT2D eigenvalue weighted by atomic mass is 79.9. The molecule has 0 nitrogen and oxygen atoms in total. The Bertz CT molecular complexity index is 516. The smallest absolute Gasteiger partial charge is 0.0207 e. The van der Waals surface area contributed by atoms with Crippen LogP contribution in [-0.2, 0) is 11.8 Å². The molecule has 2 rings (SSSR count). The maximum Gasteiger partial charge on any atom is 0.0207 e. The van der Waals surface area contributed by atoms with E-state index in [1.807, 2.05) is 0 Å². The zero-order chi connectivity index (χ0) is 13.7. The molecule has 0 fully saturated rings. The van der Waals surface area contributed by atoms with Crippen LogP contribution in [0.4, 0.5) is 0 Å². The van der Waals surface area contributed by atoms with Gasteiger partial charge >= 0.3 is 0 Å². The molecule has 2 aromatic carbocycles. The Hall–Kier alpha value is -0.600. The molecule has 0 heterocycles. The van der Waals surface area contributed by atoms with Crippen molar-refractivity contribution in [2.45, 2.75) is 25.2 Å². The second-order valence-corrected chi connectivity index (χ2v) is 6.32. The normalized spacial score (nSPS) is 14.1. The van der Waals surface area contributed by atoms with Crippen molar-refractivity contribution in [1.29, 1.82) is 0 Å². The van der Waals surface area contributed by atoms with Crippen LogP contribution in [0.3, 0.4) is 0 Å². The van der Waals surface area contributed by atoms with Gasteiger partial charge in [0.15, 0.2) is 0 Å². The van der Waals surface area contributed by atoms with Gasteiger partial charge < -0.3 is 0 Å². The van der Waals surface area contributed by atoms with Gasteiger partial charge in [-0.15, -0.1) is 0 Å². The molecule has 0 aliphatic rings. The van der Waals surface area contributed by atoms with Gasteiger partial charge in [-0.1, -0.05) is 87.3 Å². The minimum Gasteiger partial charge on any atom is -0.0918 e. The Kier molecular flexibility index (Phi) is 5.23. The van der Waals surface area contributed by atoms with Crippen molar-refractivity contribution >= 4 is 31.9 Å². The molecule has 0 saturated carbocycles. The first kappa shape index (κ1) is 14.8. The average molecular weight is 382 g/mol. The second-order valence-electron chi connectivity index (χ2n) is 4.90. The summed E-state index contributed by atoms with van der Waals surface area (Å²) in [4.78, 5) is 0. The van der Waals surface area contributed by atoms with Gasteiger partial charge in [-0.3, -0.25) is 0 Å². The minimum absolute atomic E-state index is 0.158. The van der Waals surface area contributed by atoms with Crippen molar-refractivity contribution in [3.05, 3.63) is 70.2 Å². The molecular weight excluding hydrogens is 364 g/mol. The van der Waals surface area contributed by atoms with Crippen molar-refractivity contribution in [1.82, 2.24) is 0 Å². The fourth-order valence-electron chi connectivity index (χ4n) is 2.45. The summed E-state index contributed by atoms with van der Waals surface area (Å²) in [5, 5.41) is 0.974. The summed E-state index contributed by atoms with van der Waals surface area (Å²) >= 11 is 7.40. The monoisotopic (exact) mass is 380 g/mol. The van der Waals surface area contributed by atoms with E-state index in [1.165, 1.54) is 15.6 Å². The van der Waals surface area contributed by atoms with Gasteiger partial charge in [0.2, 0.25) is 0 Å². The second kappa shape index (κ2) is 6.71. The van der Waals surface area contributed by atoms with E-state index in [4.69, 9.17) is 0 Å². The first-order chi connectivity index (χ1) is 9.22. The molecule has 0 aromatic heterocycles. The van der Waals surface area contributed by atoms with Gasteiger partial charge in [0.25, 0.3) is 0 Å². The highest BCUT2D eigenvalue weighted by molar-refractivity contribution is 9.10. The van der Waals surface area contributed by atoms with Crippen LogP contribution < -0.4 is 0 Å². The lowest BCUT2D eigenvalue weighted by molar-refractivity contribution is 0.463. The molecule has 100 valence electrons. The molecule has 1 unspecified atom stereocenters. The predicted octanol–water partition coefficient (Wildman–Crippen LogP) is 5.73. The van der Waals surface area contributed by atoms with Crippen LogP contribution >= 0.6 is 31.9 Å². The summed E-state index contributed by atoms with van der Waals surface area (Å²) in [6, 6.07) is 19.3. The van der Waals surface area contributed by atoms with Gasteiger partial charge in [0, 0.05) is 15.2 Å². The van der Waals surface area contributed by atoms with E-state index in [0.717, 1.165) is 18.2 Å². The first-order valence-electron chi connectivity index (χ1n) is 6.57. The third-order valence-electron chi connectivity index (χ3n) is 3.81. The van der Waals surface area contributed by atoms with Crippen LogP contribution in [0.1, 0.15) is 24.5 Å². The number of alkyl halides is 1. The third kappa shape index (κ3) is 3.29. The molecule has 0 radical (unpaired) electrons. The van der Waals surface area contributed by atoms with E-state index in [2.05, 4.69) is 93.4 Å². The number of hydrogen-bond donors (Lipinski definition) is 0. The molecule has 0 aliphatic carbocycles.